The summed E-state index contributed by atoms with van der Waals surface area (Å²) in [6.45, 7) is 1.67. The molecule has 0 aliphatic rings. The largest absolute Gasteiger partial charge is 0.281 e. The lowest BCUT2D eigenvalue weighted by Crippen LogP contribution is -2.17. The Hall–Kier alpha value is -3.32. The van der Waals surface area contributed by atoms with Gasteiger partial charge in [0.15, 0.2) is 0 Å². The summed E-state index contributed by atoms with van der Waals surface area (Å²) in [5.74, 6) is 2.39. The maximum Gasteiger partial charge on any atom is 0.266 e. The van der Waals surface area contributed by atoms with Crippen LogP contribution >= 0.6 is 0 Å². The number of benzene rings is 2. The second-order valence-corrected chi connectivity index (χ2v) is 4.87. The number of rotatable bonds is 3. The van der Waals surface area contributed by atoms with Gasteiger partial charge in [-0.15, -0.1) is 0 Å². The molecule has 1 amide bonds. The number of nitrogens with zero attached hydrogens (tertiary/aromatic N) is 2. The van der Waals surface area contributed by atoms with Gasteiger partial charge < -0.3 is 0 Å². The molecular weight excluding hydrogens is 286 g/mol. The van der Waals surface area contributed by atoms with Gasteiger partial charge in [-0.3, -0.25) is 10.1 Å². The molecule has 0 radical (unpaired) electrons. The van der Waals surface area contributed by atoms with Gasteiger partial charge in [-0.1, -0.05) is 54.5 Å². The highest BCUT2D eigenvalue weighted by Gasteiger charge is 2.17. The molecule has 1 heterocycles. The van der Waals surface area contributed by atoms with Crippen LogP contribution in [0.4, 0.5) is 0 Å². The highest BCUT2D eigenvalue weighted by Crippen LogP contribution is 2.23. The van der Waals surface area contributed by atoms with Gasteiger partial charge in [-0.25, -0.2) is 4.68 Å². The van der Waals surface area contributed by atoms with Crippen molar-refractivity contribution in [2.24, 2.45) is 0 Å². The van der Waals surface area contributed by atoms with Crippen molar-refractivity contribution < 1.29 is 4.79 Å². The average molecular weight is 301 g/mol. The van der Waals surface area contributed by atoms with Crippen molar-refractivity contribution in [1.29, 1.82) is 0 Å². The monoisotopic (exact) mass is 301 g/mol. The number of aromatic nitrogens is 2. The first-order valence-corrected chi connectivity index (χ1v) is 7.22. The van der Waals surface area contributed by atoms with Crippen LogP contribution in [0.2, 0.25) is 0 Å². The van der Waals surface area contributed by atoms with Crippen molar-refractivity contribution >= 4 is 5.91 Å². The van der Waals surface area contributed by atoms with Crippen LogP contribution in [0, 0.1) is 12.0 Å². The van der Waals surface area contributed by atoms with Gasteiger partial charge in [-0.05, 0) is 19.1 Å². The van der Waals surface area contributed by atoms with E-state index in [0.717, 1.165) is 11.3 Å². The summed E-state index contributed by atoms with van der Waals surface area (Å²) in [6, 6.07) is 21.9. The lowest BCUT2D eigenvalue weighted by atomic mass is 10.1. The number of amides is 1. The van der Waals surface area contributed by atoms with E-state index in [9.17, 15) is 4.79 Å². The lowest BCUT2D eigenvalue weighted by molar-refractivity contribution is 0.0974. The molecule has 0 spiro atoms. The van der Waals surface area contributed by atoms with E-state index in [-0.39, 0.29) is 5.91 Å². The zero-order chi connectivity index (χ0) is 16.1. The van der Waals surface area contributed by atoms with E-state index >= 15 is 0 Å². The fourth-order valence-electron chi connectivity index (χ4n) is 2.25. The number of nitrogens with one attached hydrogen (secondary N) is 1. The summed E-state index contributed by atoms with van der Waals surface area (Å²) in [6.07, 6.45) is 1.73. The summed E-state index contributed by atoms with van der Waals surface area (Å²) in [5.41, 5.74) is 2.90. The first kappa shape index (κ1) is 14.6. The van der Waals surface area contributed by atoms with E-state index in [0.29, 0.717) is 11.3 Å². The van der Waals surface area contributed by atoms with E-state index in [1.807, 2.05) is 60.7 Å². The Labute approximate surface area is 134 Å². The molecule has 1 N–H and O–H groups in total. The summed E-state index contributed by atoms with van der Waals surface area (Å²) in [4.78, 5) is 12.4. The molecule has 0 bridgehead atoms. The third-order valence-electron chi connectivity index (χ3n) is 3.33. The smallest absolute Gasteiger partial charge is 0.266 e. The van der Waals surface area contributed by atoms with Crippen molar-refractivity contribution in [1.82, 2.24) is 15.1 Å². The molecule has 23 heavy (non-hydrogen) atoms. The second kappa shape index (κ2) is 6.63. The van der Waals surface area contributed by atoms with E-state index in [4.69, 9.17) is 0 Å². The van der Waals surface area contributed by atoms with Crippen molar-refractivity contribution in [2.45, 2.75) is 6.92 Å². The van der Waals surface area contributed by atoms with Crippen LogP contribution in [0.25, 0.3) is 16.9 Å². The standard InChI is InChI=1S/C19H15N3O/c1-2-13-20-19(23)17-14-22(16-11-7-4-8-12-16)21-18(17)15-9-5-3-6-10-15/h3-12,14H,1H3,(H,20,23). The third-order valence-corrected chi connectivity index (χ3v) is 3.33. The van der Waals surface area contributed by atoms with Gasteiger partial charge >= 0.3 is 0 Å². The molecule has 2 aromatic carbocycles. The van der Waals surface area contributed by atoms with Crippen LogP contribution < -0.4 is 5.32 Å². The molecule has 3 rings (SSSR count). The maximum atomic E-state index is 12.4. The van der Waals surface area contributed by atoms with Crippen LogP contribution in [-0.4, -0.2) is 15.7 Å². The number of carbonyl (C=O) groups excluding carboxylic acids is 1. The molecular formula is C19H15N3O. The van der Waals surface area contributed by atoms with Crippen molar-refractivity contribution in [3.63, 3.8) is 0 Å². The number of carbonyl (C=O) groups is 1. The molecule has 1 aromatic heterocycles. The van der Waals surface area contributed by atoms with Crippen LogP contribution in [0.15, 0.2) is 66.9 Å². The SMILES string of the molecule is CC#CNC(=O)c1cn(-c2ccccc2)nc1-c1ccccc1. The van der Waals surface area contributed by atoms with E-state index in [1.54, 1.807) is 17.8 Å². The minimum atomic E-state index is -0.264. The minimum absolute atomic E-state index is 0.264. The Balaban J connectivity index is 2.10. The topological polar surface area (TPSA) is 46.9 Å². The molecule has 0 aliphatic heterocycles. The maximum absolute atomic E-state index is 12.4. The Bertz CT molecular complexity index is 871. The van der Waals surface area contributed by atoms with Crippen LogP contribution in [0.3, 0.4) is 0 Å². The first-order chi connectivity index (χ1) is 11.3. The molecule has 4 nitrogen and oxygen atoms in total. The second-order valence-electron chi connectivity index (χ2n) is 4.87. The lowest BCUT2D eigenvalue weighted by Gasteiger charge is -2.00. The summed E-state index contributed by atoms with van der Waals surface area (Å²) in [5, 5.41) is 7.16. The van der Waals surface area contributed by atoms with Crippen LogP contribution in [0.1, 0.15) is 17.3 Å². The molecule has 0 aliphatic carbocycles. The summed E-state index contributed by atoms with van der Waals surface area (Å²) in [7, 11) is 0. The quantitative estimate of drug-likeness (QED) is 0.596. The molecule has 4 heteroatoms. The molecule has 0 saturated heterocycles. The van der Waals surface area contributed by atoms with Crippen LogP contribution in [-0.2, 0) is 0 Å². The van der Waals surface area contributed by atoms with Gasteiger partial charge in [0.2, 0.25) is 0 Å². The normalized spacial score (nSPS) is 9.78. The predicted octanol–water partition coefficient (Wildman–Crippen LogP) is 3.25. The fourth-order valence-corrected chi connectivity index (χ4v) is 2.25. The summed E-state index contributed by atoms with van der Waals surface area (Å²) >= 11 is 0. The Morgan fingerprint density at radius 1 is 1.04 bits per heavy atom. The zero-order valence-corrected chi connectivity index (χ0v) is 12.7. The highest BCUT2D eigenvalue weighted by molar-refractivity contribution is 6.00. The fraction of sp³-hybridized carbons (Fsp3) is 0.0526. The van der Waals surface area contributed by atoms with Gasteiger partial charge in [0.05, 0.1) is 11.3 Å². The highest BCUT2D eigenvalue weighted by atomic mass is 16.1. The Morgan fingerprint density at radius 2 is 1.70 bits per heavy atom. The predicted molar refractivity (Wildman–Crippen MR) is 89.9 cm³/mol. The van der Waals surface area contributed by atoms with Gasteiger partial charge in [-0.2, -0.15) is 5.10 Å². The average Bonchev–Trinajstić information content (AvgIpc) is 3.07. The molecule has 0 fully saturated rings. The first-order valence-electron chi connectivity index (χ1n) is 7.22. The van der Waals surface area contributed by atoms with Crippen molar-refractivity contribution in [2.75, 3.05) is 0 Å². The number of para-hydroxylation sites is 1. The minimum Gasteiger partial charge on any atom is -0.281 e. The molecule has 112 valence electrons. The number of hydrogen-bond acceptors (Lipinski definition) is 2. The van der Waals surface area contributed by atoms with Crippen molar-refractivity contribution in [3.05, 3.63) is 72.4 Å². The zero-order valence-electron chi connectivity index (χ0n) is 12.7. The Morgan fingerprint density at radius 3 is 2.35 bits per heavy atom. The molecule has 0 unspecified atom stereocenters. The van der Waals surface area contributed by atoms with Gasteiger partial charge in [0.1, 0.15) is 5.69 Å². The molecule has 0 atom stereocenters. The summed E-state index contributed by atoms with van der Waals surface area (Å²) < 4.78 is 1.70. The third kappa shape index (κ3) is 3.14. The molecule has 0 saturated carbocycles. The van der Waals surface area contributed by atoms with E-state index in [2.05, 4.69) is 22.4 Å². The van der Waals surface area contributed by atoms with Gasteiger partial charge in [0, 0.05) is 17.8 Å². The Kier molecular flexibility index (Phi) is 4.21. The number of hydrogen-bond donors (Lipinski definition) is 1. The molecule has 3 aromatic rings. The van der Waals surface area contributed by atoms with Gasteiger partial charge in [0.25, 0.3) is 5.91 Å². The van der Waals surface area contributed by atoms with Crippen LogP contribution in [0.5, 0.6) is 0 Å². The van der Waals surface area contributed by atoms with E-state index in [1.165, 1.54) is 0 Å². The van der Waals surface area contributed by atoms with E-state index < -0.39 is 0 Å². The van der Waals surface area contributed by atoms with Crippen molar-refractivity contribution in [3.8, 4) is 28.9 Å².